The molecule has 0 aromatic heterocycles. The number of carbonyl (C=O) groups is 2. The first-order chi connectivity index (χ1) is 11.1. The normalized spacial score (nSPS) is 16.7. The molecule has 23 heavy (non-hydrogen) atoms. The number of esters is 1. The monoisotopic (exact) mass is 322 g/mol. The molecule has 1 unspecified atom stereocenters. The van der Waals surface area contributed by atoms with E-state index in [4.69, 9.17) is 14.2 Å². The Labute approximate surface area is 135 Å². The minimum Gasteiger partial charge on any atom is -0.493 e. The van der Waals surface area contributed by atoms with E-state index in [0.717, 1.165) is 19.4 Å². The highest BCUT2D eigenvalue weighted by Gasteiger charge is 2.21. The van der Waals surface area contributed by atoms with E-state index in [1.807, 2.05) is 0 Å². The van der Waals surface area contributed by atoms with Gasteiger partial charge >= 0.3 is 5.97 Å². The maximum atomic E-state index is 12.2. The molecule has 0 radical (unpaired) electrons. The highest BCUT2D eigenvalue weighted by atomic mass is 16.5. The number of amides is 1. The first kappa shape index (κ1) is 17.1. The van der Waals surface area contributed by atoms with E-state index in [1.54, 1.807) is 6.07 Å². The van der Waals surface area contributed by atoms with E-state index in [-0.39, 0.29) is 17.5 Å². The molecule has 1 amide bonds. The van der Waals surface area contributed by atoms with E-state index in [9.17, 15) is 9.59 Å². The molecule has 0 bridgehead atoms. The van der Waals surface area contributed by atoms with Crippen LogP contribution in [0.25, 0.3) is 0 Å². The Bertz CT molecular complexity index is 582. The maximum absolute atomic E-state index is 12.2. The molecule has 0 spiro atoms. The number of methoxy groups -OCH3 is 3. The zero-order chi connectivity index (χ0) is 16.8. The lowest BCUT2D eigenvalue weighted by Crippen LogP contribution is -2.28. The Morgan fingerprint density at radius 3 is 2.48 bits per heavy atom. The Morgan fingerprint density at radius 2 is 1.91 bits per heavy atom. The standard InChI is InChI=1S/C16H22N2O5/c1-21-13-8-11(16(20)23-3)12(9-14(13)22-2)18-15(19)7-10-5-4-6-17-10/h8-10,17H,4-7H2,1-3H3,(H,18,19). The summed E-state index contributed by atoms with van der Waals surface area (Å²) in [5.74, 6) is 0.0971. The molecule has 1 aromatic carbocycles. The van der Waals surface area contributed by atoms with Crippen molar-refractivity contribution in [1.82, 2.24) is 5.32 Å². The average Bonchev–Trinajstić information content (AvgIpc) is 3.06. The molecule has 2 rings (SSSR count). The molecule has 1 saturated heterocycles. The lowest BCUT2D eigenvalue weighted by molar-refractivity contribution is -0.116. The first-order valence-corrected chi connectivity index (χ1v) is 7.46. The molecule has 1 heterocycles. The highest BCUT2D eigenvalue weighted by molar-refractivity contribution is 6.02. The number of carbonyl (C=O) groups excluding carboxylic acids is 2. The molecule has 2 N–H and O–H groups in total. The van der Waals surface area contributed by atoms with Gasteiger partial charge in [0.15, 0.2) is 11.5 Å². The summed E-state index contributed by atoms with van der Waals surface area (Å²) in [6.07, 6.45) is 2.40. The van der Waals surface area contributed by atoms with E-state index >= 15 is 0 Å². The summed E-state index contributed by atoms with van der Waals surface area (Å²) in [5, 5.41) is 6.03. The van der Waals surface area contributed by atoms with E-state index in [0.29, 0.717) is 23.6 Å². The van der Waals surface area contributed by atoms with Crippen LogP contribution in [0.4, 0.5) is 5.69 Å². The van der Waals surface area contributed by atoms with Crippen LogP contribution in [-0.2, 0) is 9.53 Å². The summed E-state index contributed by atoms with van der Waals surface area (Å²) in [5.41, 5.74) is 0.565. The molecule has 1 aromatic rings. The van der Waals surface area contributed by atoms with Crippen LogP contribution in [0.3, 0.4) is 0 Å². The maximum Gasteiger partial charge on any atom is 0.340 e. The van der Waals surface area contributed by atoms with Gasteiger partial charge in [0.25, 0.3) is 0 Å². The van der Waals surface area contributed by atoms with Crippen molar-refractivity contribution in [3.8, 4) is 11.5 Å². The van der Waals surface area contributed by atoms with Gasteiger partial charge < -0.3 is 24.8 Å². The number of benzene rings is 1. The van der Waals surface area contributed by atoms with Crippen molar-refractivity contribution in [3.63, 3.8) is 0 Å². The quantitative estimate of drug-likeness (QED) is 0.773. The number of anilines is 1. The van der Waals surface area contributed by atoms with Crippen molar-refractivity contribution in [3.05, 3.63) is 17.7 Å². The largest absolute Gasteiger partial charge is 0.493 e. The van der Waals surface area contributed by atoms with Gasteiger partial charge in [-0.1, -0.05) is 0 Å². The Balaban J connectivity index is 2.23. The van der Waals surface area contributed by atoms with Crippen LogP contribution in [0, 0.1) is 0 Å². The third-order valence-electron chi connectivity index (χ3n) is 3.80. The zero-order valence-corrected chi connectivity index (χ0v) is 13.6. The third kappa shape index (κ3) is 4.13. The molecule has 1 atom stereocenters. The summed E-state index contributed by atoms with van der Waals surface area (Å²) >= 11 is 0. The molecular weight excluding hydrogens is 300 g/mol. The summed E-state index contributed by atoms with van der Waals surface area (Å²) in [6, 6.07) is 3.23. The van der Waals surface area contributed by atoms with Crippen LogP contribution < -0.4 is 20.1 Å². The molecule has 1 fully saturated rings. The number of nitrogens with one attached hydrogen (secondary N) is 2. The Kier molecular flexibility index (Phi) is 5.81. The molecule has 7 heteroatoms. The van der Waals surface area contributed by atoms with Gasteiger partial charge in [-0.2, -0.15) is 0 Å². The summed E-state index contributed by atoms with van der Waals surface area (Å²) in [6.45, 7) is 0.932. The van der Waals surface area contributed by atoms with Crippen molar-refractivity contribution in [1.29, 1.82) is 0 Å². The minimum absolute atomic E-state index is 0.165. The summed E-state index contributed by atoms with van der Waals surface area (Å²) < 4.78 is 15.2. The van der Waals surface area contributed by atoms with Gasteiger partial charge in [-0.05, 0) is 19.4 Å². The van der Waals surface area contributed by atoms with Gasteiger partial charge in [-0.15, -0.1) is 0 Å². The number of hydrogen-bond acceptors (Lipinski definition) is 6. The average molecular weight is 322 g/mol. The molecule has 1 aliphatic heterocycles. The first-order valence-electron chi connectivity index (χ1n) is 7.46. The van der Waals surface area contributed by atoms with Crippen LogP contribution in [0.2, 0.25) is 0 Å². The van der Waals surface area contributed by atoms with E-state index < -0.39 is 5.97 Å². The van der Waals surface area contributed by atoms with E-state index in [1.165, 1.54) is 27.4 Å². The van der Waals surface area contributed by atoms with Crippen LogP contribution in [0.5, 0.6) is 11.5 Å². The van der Waals surface area contributed by atoms with Crippen molar-refractivity contribution in [2.75, 3.05) is 33.2 Å². The predicted octanol–water partition coefficient (Wildman–Crippen LogP) is 1.57. The van der Waals surface area contributed by atoms with Crippen LogP contribution in [-0.4, -0.2) is 45.8 Å². The summed E-state index contributed by atoms with van der Waals surface area (Å²) in [7, 11) is 4.25. The van der Waals surface area contributed by atoms with Gasteiger partial charge in [0.05, 0.1) is 32.6 Å². The summed E-state index contributed by atoms with van der Waals surface area (Å²) in [4.78, 5) is 24.2. The minimum atomic E-state index is -0.555. The lowest BCUT2D eigenvalue weighted by Gasteiger charge is -2.15. The van der Waals surface area contributed by atoms with Gasteiger partial charge in [-0.3, -0.25) is 4.79 Å². The van der Waals surface area contributed by atoms with Gasteiger partial charge in [0.2, 0.25) is 5.91 Å². The molecule has 1 aliphatic rings. The molecule has 126 valence electrons. The third-order valence-corrected chi connectivity index (χ3v) is 3.80. The van der Waals surface area contributed by atoms with Crippen molar-refractivity contribution in [2.24, 2.45) is 0 Å². The SMILES string of the molecule is COC(=O)c1cc(OC)c(OC)cc1NC(=O)CC1CCCN1. The van der Waals surface area contributed by atoms with E-state index in [2.05, 4.69) is 10.6 Å². The second kappa shape index (κ2) is 7.82. The Morgan fingerprint density at radius 1 is 1.22 bits per heavy atom. The lowest BCUT2D eigenvalue weighted by atomic mass is 10.1. The smallest absolute Gasteiger partial charge is 0.340 e. The van der Waals surface area contributed by atoms with Gasteiger partial charge in [0.1, 0.15) is 0 Å². The van der Waals surface area contributed by atoms with Crippen LogP contribution in [0.15, 0.2) is 12.1 Å². The molecular formula is C16H22N2O5. The highest BCUT2D eigenvalue weighted by Crippen LogP contribution is 2.33. The topological polar surface area (TPSA) is 85.9 Å². The predicted molar refractivity (Wildman–Crippen MR) is 85.2 cm³/mol. The fourth-order valence-corrected chi connectivity index (χ4v) is 2.62. The zero-order valence-electron chi connectivity index (χ0n) is 13.6. The van der Waals surface area contributed by atoms with Gasteiger partial charge in [-0.25, -0.2) is 4.79 Å². The second-order valence-corrected chi connectivity index (χ2v) is 5.29. The number of hydrogen-bond donors (Lipinski definition) is 2. The molecule has 7 nitrogen and oxygen atoms in total. The molecule has 0 aliphatic carbocycles. The number of ether oxygens (including phenoxy) is 3. The van der Waals surface area contributed by atoms with Crippen LogP contribution in [0.1, 0.15) is 29.6 Å². The second-order valence-electron chi connectivity index (χ2n) is 5.29. The van der Waals surface area contributed by atoms with Crippen molar-refractivity contribution in [2.45, 2.75) is 25.3 Å². The van der Waals surface area contributed by atoms with Crippen molar-refractivity contribution >= 4 is 17.6 Å². The van der Waals surface area contributed by atoms with Gasteiger partial charge in [0, 0.05) is 24.6 Å². The number of rotatable bonds is 6. The van der Waals surface area contributed by atoms with Crippen molar-refractivity contribution < 1.29 is 23.8 Å². The molecule has 0 saturated carbocycles. The van der Waals surface area contributed by atoms with Crippen LogP contribution >= 0.6 is 0 Å². The fourth-order valence-electron chi connectivity index (χ4n) is 2.62. The fraction of sp³-hybridized carbons (Fsp3) is 0.500. The Hall–Kier alpha value is -2.28.